The number of hydrogen-bond acceptors (Lipinski definition) is 4. The Labute approximate surface area is 128 Å². The third-order valence-corrected chi connectivity index (χ3v) is 4.75. The maximum atomic E-state index is 11.6. The van der Waals surface area contributed by atoms with E-state index in [2.05, 4.69) is 10.6 Å². The maximum Gasteiger partial charge on any atom is 0.318 e. The Morgan fingerprint density at radius 3 is 2.71 bits per heavy atom. The minimum atomic E-state index is -0.306. The van der Waals surface area contributed by atoms with Crippen molar-refractivity contribution < 1.29 is 14.4 Å². The molecule has 7 heteroatoms. The van der Waals surface area contributed by atoms with Crippen LogP contribution in [0.5, 0.6) is 0 Å². The van der Waals surface area contributed by atoms with Crippen LogP contribution in [-0.4, -0.2) is 40.9 Å². The average molecular weight is 311 g/mol. The number of imide groups is 1. The molecular weight excluding hydrogens is 290 g/mol. The minimum Gasteiger partial charge on any atom is -0.336 e. The number of amides is 4. The van der Waals surface area contributed by atoms with Gasteiger partial charge in [0.15, 0.2) is 0 Å². The number of rotatable bonds is 5. The van der Waals surface area contributed by atoms with Crippen LogP contribution >= 0.6 is 11.8 Å². The van der Waals surface area contributed by atoms with Gasteiger partial charge in [-0.1, -0.05) is 30.2 Å². The molecule has 4 amide bonds. The third kappa shape index (κ3) is 4.49. The fourth-order valence-corrected chi connectivity index (χ4v) is 3.36. The van der Waals surface area contributed by atoms with Crippen LogP contribution in [0.25, 0.3) is 0 Å². The van der Waals surface area contributed by atoms with Crippen LogP contribution in [0.1, 0.15) is 32.6 Å². The Bertz CT molecular complexity index is 442. The van der Waals surface area contributed by atoms with Crippen LogP contribution in [-0.2, 0) is 4.79 Å². The van der Waals surface area contributed by atoms with Gasteiger partial charge in [0, 0.05) is 19.3 Å². The fraction of sp³-hybridized carbons (Fsp3) is 0.643. The molecule has 2 rings (SSSR count). The monoisotopic (exact) mass is 311 g/mol. The first kappa shape index (κ1) is 15.9. The second kappa shape index (κ2) is 7.49. The summed E-state index contributed by atoms with van der Waals surface area (Å²) in [6.07, 6.45) is 6.67. The van der Waals surface area contributed by atoms with Crippen molar-refractivity contribution in [3.63, 3.8) is 0 Å². The fourth-order valence-electron chi connectivity index (χ4n) is 2.61. The van der Waals surface area contributed by atoms with Crippen molar-refractivity contribution in [2.45, 2.75) is 32.6 Å². The number of urea groups is 1. The highest BCUT2D eigenvalue weighted by atomic mass is 32.2. The van der Waals surface area contributed by atoms with E-state index in [4.69, 9.17) is 0 Å². The number of nitrogens with zero attached hydrogens (tertiary/aromatic N) is 1. The summed E-state index contributed by atoms with van der Waals surface area (Å²) in [5.74, 6) is 0.597. The van der Waals surface area contributed by atoms with Crippen LogP contribution in [0.4, 0.5) is 9.59 Å². The molecule has 0 radical (unpaired) electrons. The summed E-state index contributed by atoms with van der Waals surface area (Å²) in [5, 5.41) is 5.11. The highest BCUT2D eigenvalue weighted by Gasteiger charge is 2.29. The Balaban J connectivity index is 1.66. The van der Waals surface area contributed by atoms with E-state index in [0.717, 1.165) is 11.8 Å². The van der Waals surface area contributed by atoms with Crippen molar-refractivity contribution in [3.8, 4) is 0 Å². The normalized spacial score (nSPS) is 20.2. The smallest absolute Gasteiger partial charge is 0.318 e. The molecule has 2 N–H and O–H groups in total. The summed E-state index contributed by atoms with van der Waals surface area (Å²) in [4.78, 5) is 35.5. The van der Waals surface area contributed by atoms with Gasteiger partial charge in [-0.15, -0.1) is 0 Å². The number of carbonyl (C=O) groups is 3. The van der Waals surface area contributed by atoms with Gasteiger partial charge in [0.05, 0.1) is 5.75 Å². The van der Waals surface area contributed by atoms with E-state index in [-0.39, 0.29) is 36.0 Å². The predicted octanol–water partition coefficient (Wildman–Crippen LogP) is 2.08. The van der Waals surface area contributed by atoms with E-state index in [1.54, 1.807) is 6.20 Å². The SMILES string of the molecule is C/C(=C\NC(=O)NCCN1C(=O)CSC1=O)C1CCCC1. The van der Waals surface area contributed by atoms with Gasteiger partial charge in [-0.3, -0.25) is 14.5 Å². The Morgan fingerprint density at radius 2 is 2.10 bits per heavy atom. The molecule has 0 aromatic rings. The zero-order valence-corrected chi connectivity index (χ0v) is 13.0. The summed E-state index contributed by atoms with van der Waals surface area (Å²) in [7, 11) is 0. The van der Waals surface area contributed by atoms with Gasteiger partial charge in [-0.2, -0.15) is 0 Å². The molecule has 2 fully saturated rings. The van der Waals surface area contributed by atoms with Crippen molar-refractivity contribution in [2.24, 2.45) is 5.92 Å². The summed E-state index contributed by atoms with van der Waals surface area (Å²) >= 11 is 1.00. The number of allylic oxidation sites excluding steroid dienone is 1. The lowest BCUT2D eigenvalue weighted by Gasteiger charge is -2.13. The molecule has 21 heavy (non-hydrogen) atoms. The van der Waals surface area contributed by atoms with Crippen LogP contribution < -0.4 is 10.6 Å². The molecule has 1 heterocycles. The van der Waals surface area contributed by atoms with E-state index in [9.17, 15) is 14.4 Å². The first-order chi connectivity index (χ1) is 10.1. The molecule has 1 saturated heterocycles. The molecule has 1 saturated carbocycles. The van der Waals surface area contributed by atoms with E-state index < -0.39 is 0 Å². The molecule has 116 valence electrons. The highest BCUT2D eigenvalue weighted by Crippen LogP contribution is 2.30. The predicted molar refractivity (Wildman–Crippen MR) is 81.8 cm³/mol. The van der Waals surface area contributed by atoms with Crippen molar-refractivity contribution in [1.82, 2.24) is 15.5 Å². The second-order valence-corrected chi connectivity index (χ2v) is 6.30. The lowest BCUT2D eigenvalue weighted by atomic mass is 10.0. The van der Waals surface area contributed by atoms with Gasteiger partial charge in [0.25, 0.3) is 5.24 Å². The Kier molecular flexibility index (Phi) is 5.67. The van der Waals surface area contributed by atoms with Gasteiger partial charge in [-0.05, 0) is 25.7 Å². The first-order valence-corrected chi connectivity index (χ1v) is 8.24. The largest absolute Gasteiger partial charge is 0.336 e. The number of carbonyl (C=O) groups excluding carboxylic acids is 3. The summed E-state index contributed by atoms with van der Waals surface area (Å²) in [6.45, 7) is 2.53. The first-order valence-electron chi connectivity index (χ1n) is 7.26. The number of hydrogen-bond donors (Lipinski definition) is 2. The molecule has 0 spiro atoms. The number of nitrogens with one attached hydrogen (secondary N) is 2. The highest BCUT2D eigenvalue weighted by molar-refractivity contribution is 8.14. The van der Waals surface area contributed by atoms with Gasteiger partial charge in [0.2, 0.25) is 5.91 Å². The average Bonchev–Trinajstić information content (AvgIpc) is 3.09. The lowest BCUT2D eigenvalue weighted by Crippen LogP contribution is -2.40. The maximum absolute atomic E-state index is 11.6. The molecule has 0 bridgehead atoms. The van der Waals surface area contributed by atoms with E-state index in [1.807, 2.05) is 6.92 Å². The van der Waals surface area contributed by atoms with Gasteiger partial charge in [-0.25, -0.2) is 4.79 Å². The van der Waals surface area contributed by atoms with Crippen molar-refractivity contribution in [2.75, 3.05) is 18.8 Å². The molecule has 0 unspecified atom stereocenters. The van der Waals surface area contributed by atoms with Crippen LogP contribution in [0, 0.1) is 5.92 Å². The zero-order valence-electron chi connectivity index (χ0n) is 12.2. The van der Waals surface area contributed by atoms with Crippen LogP contribution in [0.15, 0.2) is 11.8 Å². The molecule has 0 atom stereocenters. The molecule has 0 aromatic carbocycles. The van der Waals surface area contributed by atoms with Gasteiger partial charge in [0.1, 0.15) is 0 Å². The molecule has 1 aliphatic carbocycles. The van der Waals surface area contributed by atoms with Gasteiger partial charge >= 0.3 is 6.03 Å². The molecular formula is C14H21N3O3S. The summed E-state index contributed by atoms with van der Waals surface area (Å²) < 4.78 is 0. The molecule has 2 aliphatic rings. The summed E-state index contributed by atoms with van der Waals surface area (Å²) in [5.41, 5.74) is 1.20. The van der Waals surface area contributed by atoms with Crippen molar-refractivity contribution in [3.05, 3.63) is 11.8 Å². The molecule has 1 aliphatic heterocycles. The third-order valence-electron chi connectivity index (χ3n) is 3.89. The molecule has 0 aromatic heterocycles. The van der Waals surface area contributed by atoms with Gasteiger partial charge < -0.3 is 10.6 Å². The van der Waals surface area contributed by atoms with E-state index in [1.165, 1.54) is 36.2 Å². The van der Waals surface area contributed by atoms with E-state index >= 15 is 0 Å². The van der Waals surface area contributed by atoms with Crippen LogP contribution in [0.3, 0.4) is 0 Å². The van der Waals surface area contributed by atoms with E-state index in [0.29, 0.717) is 5.92 Å². The lowest BCUT2D eigenvalue weighted by molar-refractivity contribution is -0.124. The van der Waals surface area contributed by atoms with Crippen molar-refractivity contribution >= 4 is 28.9 Å². The quantitative estimate of drug-likeness (QED) is 0.815. The van der Waals surface area contributed by atoms with Crippen LogP contribution in [0.2, 0.25) is 0 Å². The summed E-state index contributed by atoms with van der Waals surface area (Å²) in [6, 6.07) is -0.306. The van der Waals surface area contributed by atoms with Crippen molar-refractivity contribution in [1.29, 1.82) is 0 Å². The Hall–Kier alpha value is -1.50. The molecule has 6 nitrogen and oxygen atoms in total. The number of thioether (sulfide) groups is 1. The topological polar surface area (TPSA) is 78.5 Å². The standard InChI is InChI=1S/C14H21N3O3S/c1-10(11-4-2-3-5-11)8-16-13(19)15-6-7-17-12(18)9-21-14(17)20/h8,11H,2-7,9H2,1H3,(H2,15,16,19)/b10-8+. The Morgan fingerprint density at radius 1 is 1.38 bits per heavy atom. The minimum absolute atomic E-state index is 0.191. The zero-order chi connectivity index (χ0) is 15.2. The second-order valence-electron chi connectivity index (χ2n) is 5.37.